The predicted octanol–water partition coefficient (Wildman–Crippen LogP) is 1.55. The summed E-state index contributed by atoms with van der Waals surface area (Å²) in [6, 6.07) is 4.07. The van der Waals surface area contributed by atoms with E-state index in [-0.39, 0.29) is 5.91 Å². The Morgan fingerprint density at radius 3 is 2.24 bits per heavy atom. The Kier molecular flexibility index (Phi) is 4.26. The molecular weight excluding hydrogens is 286 g/mol. The molecule has 1 aromatic rings. The first-order valence-corrected chi connectivity index (χ1v) is 8.40. The number of primary amides is 1. The molecule has 0 unspecified atom stereocenters. The second-order valence-electron chi connectivity index (χ2n) is 5.79. The summed E-state index contributed by atoms with van der Waals surface area (Å²) in [7, 11) is 0. The minimum atomic E-state index is -0.467. The Morgan fingerprint density at radius 2 is 1.67 bits per heavy atom. The zero-order valence-corrected chi connectivity index (χ0v) is 12.9. The summed E-state index contributed by atoms with van der Waals surface area (Å²) in [5, 5.41) is 0. The quantitative estimate of drug-likeness (QED) is 0.921. The van der Waals surface area contributed by atoms with Crippen LogP contribution in [0.5, 0.6) is 0 Å². The zero-order valence-electron chi connectivity index (χ0n) is 12.1. The van der Waals surface area contributed by atoms with Gasteiger partial charge in [0.2, 0.25) is 0 Å². The summed E-state index contributed by atoms with van der Waals surface area (Å²) in [6.07, 6.45) is 5.30. The third kappa shape index (κ3) is 3.11. The van der Waals surface area contributed by atoms with Crippen molar-refractivity contribution in [1.29, 1.82) is 0 Å². The molecule has 0 bridgehead atoms. The highest BCUT2D eigenvalue weighted by Gasteiger charge is 2.28. The number of piperazine rings is 1. The number of carbonyl (C=O) groups is 2. The molecule has 1 aliphatic carbocycles. The van der Waals surface area contributed by atoms with Crippen molar-refractivity contribution >= 4 is 23.2 Å². The first kappa shape index (κ1) is 14.5. The molecule has 1 aromatic heterocycles. The van der Waals surface area contributed by atoms with Crippen LogP contribution >= 0.6 is 11.3 Å². The minimum absolute atomic E-state index is 0.0265. The van der Waals surface area contributed by atoms with E-state index in [1.807, 2.05) is 4.90 Å². The van der Waals surface area contributed by atoms with Crippen LogP contribution in [0, 0.1) is 0 Å². The topological polar surface area (TPSA) is 66.6 Å². The van der Waals surface area contributed by atoms with Crippen molar-refractivity contribution in [2.45, 2.75) is 31.7 Å². The van der Waals surface area contributed by atoms with Crippen molar-refractivity contribution < 1.29 is 9.59 Å². The highest BCUT2D eigenvalue weighted by atomic mass is 32.1. The van der Waals surface area contributed by atoms with Gasteiger partial charge in [-0.15, -0.1) is 11.3 Å². The lowest BCUT2D eigenvalue weighted by Crippen LogP contribution is -2.51. The number of hydrogen-bond acceptors (Lipinski definition) is 4. The molecule has 21 heavy (non-hydrogen) atoms. The third-order valence-corrected chi connectivity index (χ3v) is 5.59. The molecule has 1 saturated heterocycles. The smallest absolute Gasteiger partial charge is 0.264 e. The molecule has 1 saturated carbocycles. The number of rotatable bonds is 3. The number of hydrogen-bond donors (Lipinski definition) is 1. The maximum absolute atomic E-state index is 12.4. The van der Waals surface area contributed by atoms with Crippen molar-refractivity contribution in [2.75, 3.05) is 26.2 Å². The van der Waals surface area contributed by atoms with Crippen LogP contribution in [0.2, 0.25) is 0 Å². The third-order valence-electron chi connectivity index (χ3n) is 4.50. The zero-order chi connectivity index (χ0) is 14.8. The largest absolute Gasteiger partial charge is 0.365 e. The van der Waals surface area contributed by atoms with Gasteiger partial charge < -0.3 is 10.6 Å². The standard InChI is InChI=1S/C15H21N3O2S/c16-14(19)12-5-6-13(21-12)15(20)18-9-7-17(8-10-18)11-3-1-2-4-11/h5-6,11H,1-4,7-10H2,(H2,16,19). The monoisotopic (exact) mass is 307 g/mol. The normalized spacial score (nSPS) is 20.9. The predicted molar refractivity (Wildman–Crippen MR) is 82.6 cm³/mol. The van der Waals surface area contributed by atoms with E-state index >= 15 is 0 Å². The van der Waals surface area contributed by atoms with E-state index in [0.29, 0.717) is 9.75 Å². The molecule has 2 heterocycles. The van der Waals surface area contributed by atoms with E-state index in [2.05, 4.69) is 4.90 Å². The van der Waals surface area contributed by atoms with Crippen LogP contribution in [-0.4, -0.2) is 53.8 Å². The van der Waals surface area contributed by atoms with Crippen molar-refractivity contribution in [3.63, 3.8) is 0 Å². The molecule has 3 rings (SSSR count). The van der Waals surface area contributed by atoms with E-state index in [1.54, 1.807) is 12.1 Å². The Hall–Kier alpha value is -1.40. The SMILES string of the molecule is NC(=O)c1ccc(C(=O)N2CCN(C3CCCC3)CC2)s1. The second kappa shape index (κ2) is 6.15. The van der Waals surface area contributed by atoms with Crippen LogP contribution in [-0.2, 0) is 0 Å². The number of thiophene rings is 1. The lowest BCUT2D eigenvalue weighted by Gasteiger charge is -2.37. The number of amides is 2. The average molecular weight is 307 g/mol. The van der Waals surface area contributed by atoms with Gasteiger partial charge in [0.25, 0.3) is 11.8 Å². The average Bonchev–Trinajstić information content (AvgIpc) is 3.18. The Bertz CT molecular complexity index is 529. The maximum atomic E-state index is 12.4. The van der Waals surface area contributed by atoms with Crippen LogP contribution in [0.25, 0.3) is 0 Å². The summed E-state index contributed by atoms with van der Waals surface area (Å²) in [5.41, 5.74) is 5.23. The van der Waals surface area contributed by atoms with E-state index in [1.165, 1.54) is 37.0 Å². The molecule has 0 spiro atoms. The van der Waals surface area contributed by atoms with Crippen LogP contribution in [0.4, 0.5) is 0 Å². The molecule has 5 nitrogen and oxygen atoms in total. The van der Waals surface area contributed by atoms with Gasteiger partial charge in [-0.3, -0.25) is 14.5 Å². The van der Waals surface area contributed by atoms with E-state index in [0.717, 1.165) is 32.2 Å². The Labute approximate surface area is 128 Å². The highest BCUT2D eigenvalue weighted by molar-refractivity contribution is 7.15. The molecule has 0 radical (unpaired) electrons. The highest BCUT2D eigenvalue weighted by Crippen LogP contribution is 2.25. The molecule has 2 N–H and O–H groups in total. The molecule has 114 valence electrons. The lowest BCUT2D eigenvalue weighted by molar-refractivity contribution is 0.0578. The molecular formula is C15H21N3O2S. The molecule has 0 atom stereocenters. The number of nitrogens with zero attached hydrogens (tertiary/aromatic N) is 2. The molecule has 1 aliphatic heterocycles. The van der Waals surface area contributed by atoms with Gasteiger partial charge in [-0.1, -0.05) is 12.8 Å². The van der Waals surface area contributed by atoms with Crippen LogP contribution in [0.3, 0.4) is 0 Å². The summed E-state index contributed by atoms with van der Waals surface area (Å²) >= 11 is 1.19. The lowest BCUT2D eigenvalue weighted by atomic mass is 10.2. The Balaban J connectivity index is 1.58. The molecule has 6 heteroatoms. The van der Waals surface area contributed by atoms with Gasteiger partial charge in [0.15, 0.2) is 0 Å². The summed E-state index contributed by atoms with van der Waals surface area (Å²) < 4.78 is 0. The van der Waals surface area contributed by atoms with Gasteiger partial charge in [0, 0.05) is 32.2 Å². The van der Waals surface area contributed by atoms with Gasteiger partial charge in [0.05, 0.1) is 9.75 Å². The summed E-state index contributed by atoms with van der Waals surface area (Å²) in [5.74, 6) is -0.441. The van der Waals surface area contributed by atoms with Crippen molar-refractivity contribution in [3.8, 4) is 0 Å². The first-order chi connectivity index (χ1) is 10.1. The fourth-order valence-electron chi connectivity index (χ4n) is 3.30. The molecule has 2 aliphatic rings. The van der Waals surface area contributed by atoms with E-state index in [4.69, 9.17) is 5.73 Å². The first-order valence-electron chi connectivity index (χ1n) is 7.58. The van der Waals surface area contributed by atoms with Crippen molar-refractivity contribution in [1.82, 2.24) is 9.80 Å². The van der Waals surface area contributed by atoms with Gasteiger partial charge in [-0.25, -0.2) is 0 Å². The van der Waals surface area contributed by atoms with Gasteiger partial charge in [-0.2, -0.15) is 0 Å². The van der Waals surface area contributed by atoms with Gasteiger partial charge >= 0.3 is 0 Å². The van der Waals surface area contributed by atoms with E-state index < -0.39 is 5.91 Å². The summed E-state index contributed by atoms with van der Waals surface area (Å²) in [4.78, 5) is 29.0. The minimum Gasteiger partial charge on any atom is -0.365 e. The maximum Gasteiger partial charge on any atom is 0.264 e. The molecule has 2 fully saturated rings. The molecule has 0 aromatic carbocycles. The fourth-order valence-corrected chi connectivity index (χ4v) is 4.13. The Morgan fingerprint density at radius 1 is 1.05 bits per heavy atom. The molecule has 2 amide bonds. The van der Waals surface area contributed by atoms with Gasteiger partial charge in [0.1, 0.15) is 0 Å². The number of carbonyl (C=O) groups excluding carboxylic acids is 2. The van der Waals surface area contributed by atoms with Crippen LogP contribution < -0.4 is 5.73 Å². The van der Waals surface area contributed by atoms with Crippen LogP contribution in [0.1, 0.15) is 45.0 Å². The van der Waals surface area contributed by atoms with Crippen molar-refractivity contribution in [3.05, 3.63) is 21.9 Å². The number of nitrogens with two attached hydrogens (primary N) is 1. The van der Waals surface area contributed by atoms with E-state index in [9.17, 15) is 9.59 Å². The van der Waals surface area contributed by atoms with Crippen molar-refractivity contribution in [2.24, 2.45) is 5.73 Å². The fraction of sp³-hybridized carbons (Fsp3) is 0.600. The second-order valence-corrected chi connectivity index (χ2v) is 6.88. The summed E-state index contributed by atoms with van der Waals surface area (Å²) in [6.45, 7) is 3.48. The van der Waals surface area contributed by atoms with Gasteiger partial charge in [-0.05, 0) is 25.0 Å². The van der Waals surface area contributed by atoms with Crippen LogP contribution in [0.15, 0.2) is 12.1 Å².